The van der Waals surface area contributed by atoms with Gasteiger partial charge in [0.25, 0.3) is 5.91 Å². The summed E-state index contributed by atoms with van der Waals surface area (Å²) in [6.45, 7) is 6.04. The van der Waals surface area contributed by atoms with Gasteiger partial charge in [0.1, 0.15) is 5.69 Å². The van der Waals surface area contributed by atoms with Crippen molar-refractivity contribution in [2.75, 3.05) is 5.32 Å². The molecule has 0 atom stereocenters. The number of aryl methyl sites for hydroxylation is 3. The van der Waals surface area contributed by atoms with E-state index in [1.807, 2.05) is 13.0 Å². The third kappa shape index (κ3) is 3.67. The van der Waals surface area contributed by atoms with Gasteiger partial charge in [-0.15, -0.1) is 0 Å². The molecule has 0 aliphatic heterocycles. The first-order chi connectivity index (χ1) is 11.1. The average Bonchev–Trinajstić information content (AvgIpc) is 3.32. The van der Waals surface area contributed by atoms with Crippen molar-refractivity contribution < 1.29 is 4.79 Å². The van der Waals surface area contributed by atoms with E-state index in [2.05, 4.69) is 46.6 Å². The standard InChI is InChI=1S/C18H22N4O/c1-4-13-7-5-6-11(2)16(13)22-18-19-12(3)10-15(21-18)17(23)20-14-8-9-14/h5-7,10,14H,4,8-9H2,1-3H3,(H,20,23)(H,19,21,22). The van der Waals surface area contributed by atoms with Crippen LogP contribution in [-0.2, 0) is 6.42 Å². The molecule has 23 heavy (non-hydrogen) atoms. The van der Waals surface area contributed by atoms with E-state index >= 15 is 0 Å². The second-order valence-electron chi connectivity index (χ2n) is 6.05. The zero-order valence-electron chi connectivity index (χ0n) is 13.8. The largest absolute Gasteiger partial charge is 0.348 e. The summed E-state index contributed by atoms with van der Waals surface area (Å²) < 4.78 is 0. The van der Waals surface area contributed by atoms with E-state index in [0.717, 1.165) is 36.2 Å². The van der Waals surface area contributed by atoms with Crippen molar-refractivity contribution >= 4 is 17.5 Å². The lowest BCUT2D eigenvalue weighted by Gasteiger charge is -2.14. The van der Waals surface area contributed by atoms with Crippen molar-refractivity contribution in [3.8, 4) is 0 Å². The maximum absolute atomic E-state index is 12.2. The molecule has 1 aromatic carbocycles. The number of para-hydroxylation sites is 1. The molecule has 120 valence electrons. The number of nitrogens with one attached hydrogen (secondary N) is 2. The van der Waals surface area contributed by atoms with Gasteiger partial charge >= 0.3 is 0 Å². The second-order valence-corrected chi connectivity index (χ2v) is 6.05. The molecule has 0 radical (unpaired) electrons. The molecule has 1 fully saturated rings. The Morgan fingerprint density at radius 1 is 1.26 bits per heavy atom. The summed E-state index contributed by atoms with van der Waals surface area (Å²) >= 11 is 0. The molecule has 1 heterocycles. The van der Waals surface area contributed by atoms with Gasteiger partial charge in [-0.1, -0.05) is 25.1 Å². The van der Waals surface area contributed by atoms with E-state index in [1.165, 1.54) is 5.56 Å². The molecule has 1 aliphatic carbocycles. The molecule has 1 saturated carbocycles. The summed E-state index contributed by atoms with van der Waals surface area (Å²) in [4.78, 5) is 21.0. The zero-order valence-corrected chi connectivity index (χ0v) is 13.8. The molecule has 1 aromatic heterocycles. The number of aromatic nitrogens is 2. The van der Waals surface area contributed by atoms with Gasteiger partial charge in [0.2, 0.25) is 5.95 Å². The Morgan fingerprint density at radius 2 is 2.04 bits per heavy atom. The lowest BCUT2D eigenvalue weighted by atomic mass is 10.1. The summed E-state index contributed by atoms with van der Waals surface area (Å²) in [5.41, 5.74) is 4.56. The maximum atomic E-state index is 12.2. The number of anilines is 2. The minimum Gasteiger partial charge on any atom is -0.348 e. The minimum atomic E-state index is -0.124. The number of amides is 1. The molecular weight excluding hydrogens is 288 g/mol. The highest BCUT2D eigenvalue weighted by atomic mass is 16.2. The zero-order chi connectivity index (χ0) is 16.4. The first-order valence-corrected chi connectivity index (χ1v) is 8.09. The van der Waals surface area contributed by atoms with Crippen LogP contribution in [0.4, 0.5) is 11.6 Å². The van der Waals surface area contributed by atoms with Gasteiger partial charge in [0.15, 0.2) is 0 Å². The fourth-order valence-electron chi connectivity index (χ4n) is 2.54. The van der Waals surface area contributed by atoms with E-state index in [-0.39, 0.29) is 5.91 Å². The molecule has 2 N–H and O–H groups in total. The summed E-state index contributed by atoms with van der Waals surface area (Å²) in [7, 11) is 0. The Bertz CT molecular complexity index is 738. The van der Waals surface area contributed by atoms with Crippen LogP contribution in [0.25, 0.3) is 0 Å². The number of benzene rings is 1. The van der Waals surface area contributed by atoms with E-state index in [9.17, 15) is 4.79 Å². The lowest BCUT2D eigenvalue weighted by Crippen LogP contribution is -2.26. The van der Waals surface area contributed by atoms with Crippen LogP contribution in [0.15, 0.2) is 24.3 Å². The first-order valence-electron chi connectivity index (χ1n) is 8.09. The van der Waals surface area contributed by atoms with Crippen LogP contribution in [0.1, 0.15) is 47.1 Å². The van der Waals surface area contributed by atoms with Crippen molar-refractivity contribution in [3.05, 3.63) is 46.8 Å². The van der Waals surface area contributed by atoms with Crippen LogP contribution in [0, 0.1) is 13.8 Å². The summed E-state index contributed by atoms with van der Waals surface area (Å²) in [6.07, 6.45) is 3.04. The smallest absolute Gasteiger partial charge is 0.270 e. The third-order valence-corrected chi connectivity index (χ3v) is 3.98. The third-order valence-electron chi connectivity index (χ3n) is 3.98. The number of hydrogen-bond donors (Lipinski definition) is 2. The Balaban J connectivity index is 1.88. The minimum absolute atomic E-state index is 0.124. The lowest BCUT2D eigenvalue weighted by molar-refractivity contribution is 0.0946. The van der Waals surface area contributed by atoms with Crippen LogP contribution in [0.2, 0.25) is 0 Å². The van der Waals surface area contributed by atoms with Crippen LogP contribution >= 0.6 is 0 Å². The number of nitrogens with zero attached hydrogens (tertiary/aromatic N) is 2. The van der Waals surface area contributed by atoms with Gasteiger partial charge in [0.05, 0.1) is 0 Å². The van der Waals surface area contributed by atoms with E-state index in [1.54, 1.807) is 6.07 Å². The summed E-state index contributed by atoms with van der Waals surface area (Å²) in [5, 5.41) is 6.26. The van der Waals surface area contributed by atoms with Crippen molar-refractivity contribution in [3.63, 3.8) is 0 Å². The van der Waals surface area contributed by atoms with Crippen LogP contribution in [-0.4, -0.2) is 21.9 Å². The average molecular weight is 310 g/mol. The molecule has 0 bridgehead atoms. The van der Waals surface area contributed by atoms with Gasteiger partial charge in [-0.2, -0.15) is 0 Å². The molecule has 0 spiro atoms. The van der Waals surface area contributed by atoms with E-state index < -0.39 is 0 Å². The quantitative estimate of drug-likeness (QED) is 0.889. The molecular formula is C18H22N4O. The highest BCUT2D eigenvalue weighted by molar-refractivity contribution is 5.93. The Kier molecular flexibility index (Phi) is 4.28. The highest BCUT2D eigenvalue weighted by Gasteiger charge is 2.24. The second kappa shape index (κ2) is 6.36. The SMILES string of the molecule is CCc1cccc(C)c1Nc1nc(C)cc(C(=O)NC2CC2)n1. The highest BCUT2D eigenvalue weighted by Crippen LogP contribution is 2.24. The molecule has 5 nitrogen and oxygen atoms in total. The molecule has 0 unspecified atom stereocenters. The predicted octanol–water partition coefficient (Wildman–Crippen LogP) is 3.29. The van der Waals surface area contributed by atoms with Crippen molar-refractivity contribution in [2.45, 2.75) is 46.1 Å². The number of carbonyl (C=O) groups excluding carboxylic acids is 1. The molecule has 1 aliphatic rings. The Labute approximate surface area is 136 Å². The van der Waals surface area contributed by atoms with Crippen molar-refractivity contribution in [2.24, 2.45) is 0 Å². The fraction of sp³-hybridized carbons (Fsp3) is 0.389. The van der Waals surface area contributed by atoms with Crippen LogP contribution in [0.3, 0.4) is 0 Å². The topological polar surface area (TPSA) is 66.9 Å². The number of hydrogen-bond acceptors (Lipinski definition) is 4. The molecule has 1 amide bonds. The Hall–Kier alpha value is -2.43. The maximum Gasteiger partial charge on any atom is 0.270 e. The fourth-order valence-corrected chi connectivity index (χ4v) is 2.54. The summed E-state index contributed by atoms with van der Waals surface area (Å²) in [6, 6.07) is 8.23. The number of carbonyl (C=O) groups is 1. The molecule has 2 aromatic rings. The van der Waals surface area contributed by atoms with Gasteiger partial charge in [-0.3, -0.25) is 4.79 Å². The first kappa shape index (κ1) is 15.5. The van der Waals surface area contributed by atoms with Crippen molar-refractivity contribution in [1.29, 1.82) is 0 Å². The van der Waals surface area contributed by atoms with Gasteiger partial charge in [0, 0.05) is 17.4 Å². The van der Waals surface area contributed by atoms with E-state index in [0.29, 0.717) is 17.7 Å². The molecule has 3 rings (SSSR count). The Morgan fingerprint density at radius 3 is 2.74 bits per heavy atom. The monoisotopic (exact) mass is 310 g/mol. The predicted molar refractivity (Wildman–Crippen MR) is 91.1 cm³/mol. The van der Waals surface area contributed by atoms with Gasteiger partial charge in [-0.25, -0.2) is 9.97 Å². The van der Waals surface area contributed by atoms with Crippen LogP contribution in [0.5, 0.6) is 0 Å². The molecule has 5 heteroatoms. The van der Waals surface area contributed by atoms with Gasteiger partial charge < -0.3 is 10.6 Å². The molecule has 0 saturated heterocycles. The van der Waals surface area contributed by atoms with E-state index in [4.69, 9.17) is 0 Å². The normalized spacial score (nSPS) is 13.7. The van der Waals surface area contributed by atoms with Crippen LogP contribution < -0.4 is 10.6 Å². The van der Waals surface area contributed by atoms with Crippen molar-refractivity contribution in [1.82, 2.24) is 15.3 Å². The van der Waals surface area contributed by atoms with Gasteiger partial charge in [-0.05, 0) is 50.3 Å². The number of rotatable bonds is 5. The summed E-state index contributed by atoms with van der Waals surface area (Å²) in [5.74, 6) is 0.344.